The summed E-state index contributed by atoms with van der Waals surface area (Å²) in [4.78, 5) is 23.2. The SMILES string of the molecule is CC(C)N(Cc1cccnc1)C(=O)c1ccc2c(c1)nc(Cl)n2C. The summed E-state index contributed by atoms with van der Waals surface area (Å²) in [6.45, 7) is 4.53. The third-order valence-electron chi connectivity index (χ3n) is 4.03. The number of rotatable bonds is 4. The molecular formula is C18H19ClN4O. The largest absolute Gasteiger partial charge is 0.332 e. The molecule has 1 aromatic carbocycles. The number of nitrogens with zero attached hydrogens (tertiary/aromatic N) is 4. The number of halogens is 1. The fourth-order valence-electron chi connectivity index (χ4n) is 2.65. The van der Waals surface area contributed by atoms with E-state index < -0.39 is 0 Å². The van der Waals surface area contributed by atoms with Crippen molar-refractivity contribution < 1.29 is 4.79 Å². The Hall–Kier alpha value is -2.40. The van der Waals surface area contributed by atoms with E-state index in [0.29, 0.717) is 17.4 Å². The minimum Gasteiger partial charge on any atom is -0.332 e. The van der Waals surface area contributed by atoms with Gasteiger partial charge in [-0.3, -0.25) is 9.78 Å². The molecule has 0 N–H and O–H groups in total. The number of carbonyl (C=O) groups is 1. The number of hydrogen-bond acceptors (Lipinski definition) is 3. The molecule has 0 saturated carbocycles. The normalized spacial score (nSPS) is 11.2. The fraction of sp³-hybridized carbons (Fsp3) is 0.278. The smallest absolute Gasteiger partial charge is 0.254 e. The first-order valence-corrected chi connectivity index (χ1v) is 8.17. The van der Waals surface area contributed by atoms with Gasteiger partial charge in [-0.1, -0.05) is 6.07 Å². The van der Waals surface area contributed by atoms with Crippen LogP contribution in [0.4, 0.5) is 0 Å². The zero-order valence-corrected chi connectivity index (χ0v) is 14.7. The van der Waals surface area contributed by atoms with Crippen molar-refractivity contribution in [3.05, 3.63) is 59.1 Å². The highest BCUT2D eigenvalue weighted by Crippen LogP contribution is 2.21. The van der Waals surface area contributed by atoms with Crippen LogP contribution in [0.2, 0.25) is 5.28 Å². The number of amides is 1. The van der Waals surface area contributed by atoms with E-state index in [-0.39, 0.29) is 11.9 Å². The number of benzene rings is 1. The van der Waals surface area contributed by atoms with Crippen molar-refractivity contribution in [2.24, 2.45) is 7.05 Å². The van der Waals surface area contributed by atoms with Gasteiger partial charge in [0.2, 0.25) is 5.28 Å². The number of imidazole rings is 1. The van der Waals surface area contributed by atoms with Gasteiger partial charge in [0, 0.05) is 37.6 Å². The molecule has 0 atom stereocenters. The predicted molar refractivity (Wildman–Crippen MR) is 95.0 cm³/mol. The second kappa shape index (κ2) is 6.61. The molecule has 0 saturated heterocycles. The van der Waals surface area contributed by atoms with Gasteiger partial charge in [0.05, 0.1) is 11.0 Å². The zero-order valence-electron chi connectivity index (χ0n) is 13.9. The van der Waals surface area contributed by atoms with Crippen LogP contribution in [0.3, 0.4) is 0 Å². The molecule has 0 bridgehead atoms. The maximum absolute atomic E-state index is 13.0. The number of aryl methyl sites for hydroxylation is 1. The van der Waals surface area contributed by atoms with E-state index in [1.165, 1.54) is 0 Å². The molecule has 0 spiro atoms. The van der Waals surface area contributed by atoms with Crippen molar-refractivity contribution in [1.82, 2.24) is 19.4 Å². The highest BCUT2D eigenvalue weighted by molar-refractivity contribution is 6.29. The molecule has 24 heavy (non-hydrogen) atoms. The van der Waals surface area contributed by atoms with Gasteiger partial charge in [0.15, 0.2) is 0 Å². The second-order valence-electron chi connectivity index (χ2n) is 6.03. The van der Waals surface area contributed by atoms with Crippen LogP contribution >= 0.6 is 11.6 Å². The van der Waals surface area contributed by atoms with Gasteiger partial charge >= 0.3 is 0 Å². The molecule has 0 radical (unpaired) electrons. The van der Waals surface area contributed by atoms with Crippen LogP contribution in [-0.4, -0.2) is 31.4 Å². The molecular weight excluding hydrogens is 324 g/mol. The first-order valence-electron chi connectivity index (χ1n) is 7.79. The molecule has 1 amide bonds. The van der Waals surface area contributed by atoms with E-state index in [9.17, 15) is 4.79 Å². The van der Waals surface area contributed by atoms with Crippen LogP contribution in [-0.2, 0) is 13.6 Å². The van der Waals surface area contributed by atoms with Gasteiger partial charge in [-0.15, -0.1) is 0 Å². The standard InChI is InChI=1S/C18H19ClN4O/c1-12(2)23(11-13-5-4-8-20-10-13)17(24)14-6-7-16-15(9-14)21-18(19)22(16)3/h4-10,12H,11H2,1-3H3. The average Bonchev–Trinajstić information content (AvgIpc) is 2.86. The Labute approximate surface area is 145 Å². The van der Waals surface area contributed by atoms with Crippen LogP contribution in [0.5, 0.6) is 0 Å². The number of pyridine rings is 1. The third-order valence-corrected chi connectivity index (χ3v) is 4.37. The highest BCUT2D eigenvalue weighted by atomic mass is 35.5. The first kappa shape index (κ1) is 16.5. The first-order chi connectivity index (χ1) is 11.5. The van der Waals surface area contributed by atoms with E-state index in [0.717, 1.165) is 16.6 Å². The lowest BCUT2D eigenvalue weighted by molar-refractivity contribution is 0.0690. The molecule has 2 heterocycles. The number of hydrogen-bond donors (Lipinski definition) is 0. The Balaban J connectivity index is 1.92. The molecule has 0 unspecified atom stereocenters. The van der Waals surface area contributed by atoms with Gasteiger partial charge < -0.3 is 9.47 Å². The Morgan fingerprint density at radius 2 is 2.12 bits per heavy atom. The average molecular weight is 343 g/mol. The van der Waals surface area contributed by atoms with Crippen molar-refractivity contribution in [2.45, 2.75) is 26.4 Å². The lowest BCUT2D eigenvalue weighted by Crippen LogP contribution is -2.36. The van der Waals surface area contributed by atoms with Crippen molar-refractivity contribution in [3.63, 3.8) is 0 Å². The third kappa shape index (κ3) is 3.12. The molecule has 0 aliphatic heterocycles. The van der Waals surface area contributed by atoms with Crippen LogP contribution in [0, 0.1) is 0 Å². The monoisotopic (exact) mass is 342 g/mol. The second-order valence-corrected chi connectivity index (χ2v) is 6.37. The quantitative estimate of drug-likeness (QED) is 0.726. The summed E-state index contributed by atoms with van der Waals surface area (Å²) in [5, 5.41) is 0.408. The molecule has 5 nitrogen and oxygen atoms in total. The van der Waals surface area contributed by atoms with E-state index in [2.05, 4.69) is 9.97 Å². The summed E-state index contributed by atoms with van der Waals surface area (Å²) in [5.74, 6) is -0.0301. The minimum absolute atomic E-state index is 0.0301. The van der Waals surface area contributed by atoms with Crippen molar-refractivity contribution >= 4 is 28.5 Å². The minimum atomic E-state index is -0.0301. The van der Waals surface area contributed by atoms with E-state index in [4.69, 9.17) is 11.6 Å². The summed E-state index contributed by atoms with van der Waals surface area (Å²) in [7, 11) is 1.85. The molecule has 2 aromatic heterocycles. The number of carbonyl (C=O) groups excluding carboxylic acids is 1. The molecule has 0 fully saturated rings. The summed E-state index contributed by atoms with van der Waals surface area (Å²) in [5.41, 5.74) is 3.23. The maximum Gasteiger partial charge on any atom is 0.254 e. The van der Waals surface area contributed by atoms with E-state index >= 15 is 0 Å². The number of aromatic nitrogens is 3. The summed E-state index contributed by atoms with van der Waals surface area (Å²) in [6.07, 6.45) is 3.51. The molecule has 6 heteroatoms. The predicted octanol–water partition coefficient (Wildman–Crippen LogP) is 3.67. The molecule has 3 rings (SSSR count). The van der Waals surface area contributed by atoms with Crippen LogP contribution < -0.4 is 0 Å². The molecule has 0 aliphatic carbocycles. The van der Waals surface area contributed by atoms with Crippen molar-refractivity contribution in [2.75, 3.05) is 0 Å². The fourth-order valence-corrected chi connectivity index (χ4v) is 2.83. The zero-order chi connectivity index (χ0) is 17.3. The van der Waals surface area contributed by atoms with E-state index in [1.54, 1.807) is 23.0 Å². The molecule has 124 valence electrons. The van der Waals surface area contributed by atoms with Crippen molar-refractivity contribution in [3.8, 4) is 0 Å². The van der Waals surface area contributed by atoms with Gasteiger partial charge in [0.1, 0.15) is 0 Å². The summed E-state index contributed by atoms with van der Waals surface area (Å²) in [6, 6.07) is 9.41. The number of fused-ring (bicyclic) bond motifs is 1. The molecule has 0 aliphatic rings. The van der Waals surface area contributed by atoms with Crippen LogP contribution in [0.1, 0.15) is 29.8 Å². The maximum atomic E-state index is 13.0. The Morgan fingerprint density at radius 3 is 2.79 bits per heavy atom. The summed E-state index contributed by atoms with van der Waals surface area (Å²) < 4.78 is 1.79. The van der Waals surface area contributed by atoms with Gasteiger partial charge in [-0.25, -0.2) is 4.98 Å². The lowest BCUT2D eigenvalue weighted by Gasteiger charge is -2.27. The molecule has 3 aromatic rings. The Morgan fingerprint density at radius 1 is 1.33 bits per heavy atom. The Kier molecular flexibility index (Phi) is 4.53. The topological polar surface area (TPSA) is 51.0 Å². The lowest BCUT2D eigenvalue weighted by atomic mass is 10.1. The van der Waals surface area contributed by atoms with Gasteiger partial charge in [0.25, 0.3) is 5.91 Å². The van der Waals surface area contributed by atoms with E-state index in [1.807, 2.05) is 50.1 Å². The van der Waals surface area contributed by atoms with Crippen LogP contribution in [0.15, 0.2) is 42.7 Å². The highest BCUT2D eigenvalue weighted by Gasteiger charge is 2.20. The Bertz CT molecular complexity index is 873. The van der Waals surface area contributed by atoms with Crippen LogP contribution in [0.25, 0.3) is 11.0 Å². The van der Waals surface area contributed by atoms with Gasteiger partial charge in [-0.2, -0.15) is 0 Å². The summed E-state index contributed by atoms with van der Waals surface area (Å²) >= 11 is 6.05. The van der Waals surface area contributed by atoms with Crippen molar-refractivity contribution in [1.29, 1.82) is 0 Å². The van der Waals surface area contributed by atoms with Gasteiger partial charge in [-0.05, 0) is 55.3 Å².